The third-order valence-electron chi connectivity index (χ3n) is 4.14. The molecular formula is C18H19NO3. The monoisotopic (exact) mass is 297 g/mol. The van der Waals surface area contributed by atoms with Crippen molar-refractivity contribution in [1.82, 2.24) is 5.48 Å². The van der Waals surface area contributed by atoms with E-state index in [0.717, 1.165) is 29.7 Å². The first-order valence-electron chi connectivity index (χ1n) is 7.49. The molecule has 0 aromatic heterocycles. The third-order valence-corrected chi connectivity index (χ3v) is 4.14. The minimum absolute atomic E-state index is 0.165. The van der Waals surface area contributed by atoms with Crippen LogP contribution >= 0.6 is 0 Å². The highest BCUT2D eigenvalue weighted by atomic mass is 16.5. The smallest absolute Gasteiger partial charge is 0.246 e. The second kappa shape index (κ2) is 6.62. The van der Waals surface area contributed by atoms with E-state index in [0.29, 0.717) is 13.0 Å². The number of hydrogen-bond acceptors (Lipinski definition) is 3. The fraction of sp³-hybridized carbons (Fsp3) is 0.278. The van der Waals surface area contributed by atoms with Gasteiger partial charge >= 0.3 is 0 Å². The molecule has 0 heterocycles. The van der Waals surface area contributed by atoms with E-state index in [4.69, 9.17) is 9.94 Å². The molecule has 0 aliphatic heterocycles. The fourth-order valence-electron chi connectivity index (χ4n) is 2.88. The summed E-state index contributed by atoms with van der Waals surface area (Å²) in [4.78, 5) is 11.6. The first-order valence-corrected chi connectivity index (χ1v) is 7.49. The Labute approximate surface area is 129 Å². The first kappa shape index (κ1) is 14.6. The van der Waals surface area contributed by atoms with E-state index in [-0.39, 0.29) is 11.8 Å². The van der Waals surface area contributed by atoms with E-state index in [2.05, 4.69) is 6.07 Å². The molecule has 0 saturated carbocycles. The van der Waals surface area contributed by atoms with E-state index in [1.165, 1.54) is 5.56 Å². The molecule has 1 unspecified atom stereocenters. The van der Waals surface area contributed by atoms with Gasteiger partial charge in [-0.15, -0.1) is 0 Å². The van der Waals surface area contributed by atoms with Crippen LogP contribution < -0.4 is 10.2 Å². The van der Waals surface area contributed by atoms with Crippen LogP contribution in [0.15, 0.2) is 48.5 Å². The van der Waals surface area contributed by atoms with Crippen molar-refractivity contribution in [2.75, 3.05) is 0 Å². The SMILES string of the molecule is O=C(NO)C1CCc2ccc(OCc3ccccc3)cc2C1. The molecule has 114 valence electrons. The molecule has 0 spiro atoms. The molecule has 2 aromatic rings. The Bertz CT molecular complexity index is 655. The first-order chi connectivity index (χ1) is 10.8. The van der Waals surface area contributed by atoms with Gasteiger partial charge in [-0.3, -0.25) is 10.0 Å². The molecule has 0 saturated heterocycles. The van der Waals surface area contributed by atoms with Crippen LogP contribution in [0.25, 0.3) is 0 Å². The van der Waals surface area contributed by atoms with Crippen molar-refractivity contribution in [3.8, 4) is 5.75 Å². The van der Waals surface area contributed by atoms with E-state index < -0.39 is 0 Å². The number of aryl methyl sites for hydroxylation is 1. The summed E-state index contributed by atoms with van der Waals surface area (Å²) in [5.74, 6) is 0.343. The molecule has 4 heteroatoms. The largest absolute Gasteiger partial charge is 0.489 e. The van der Waals surface area contributed by atoms with Gasteiger partial charge in [-0.05, 0) is 48.1 Å². The third kappa shape index (κ3) is 3.28. The molecule has 4 nitrogen and oxygen atoms in total. The lowest BCUT2D eigenvalue weighted by Crippen LogP contribution is -2.31. The maximum Gasteiger partial charge on any atom is 0.246 e. The van der Waals surface area contributed by atoms with Crippen LogP contribution in [-0.4, -0.2) is 11.1 Å². The quantitative estimate of drug-likeness (QED) is 0.674. The number of fused-ring (bicyclic) bond motifs is 1. The Morgan fingerprint density at radius 1 is 1.18 bits per heavy atom. The number of carbonyl (C=O) groups excluding carboxylic acids is 1. The molecule has 22 heavy (non-hydrogen) atoms. The second-order valence-electron chi connectivity index (χ2n) is 5.62. The van der Waals surface area contributed by atoms with Crippen LogP contribution in [0.5, 0.6) is 5.75 Å². The lowest BCUT2D eigenvalue weighted by Gasteiger charge is -2.23. The van der Waals surface area contributed by atoms with Crippen LogP contribution in [0, 0.1) is 5.92 Å². The Morgan fingerprint density at radius 3 is 2.77 bits per heavy atom. The van der Waals surface area contributed by atoms with Crippen LogP contribution in [0.2, 0.25) is 0 Å². The molecule has 0 fully saturated rings. The van der Waals surface area contributed by atoms with Crippen molar-refractivity contribution >= 4 is 5.91 Å². The minimum Gasteiger partial charge on any atom is -0.489 e. The van der Waals surface area contributed by atoms with Crippen molar-refractivity contribution in [3.63, 3.8) is 0 Å². The highest BCUT2D eigenvalue weighted by Crippen LogP contribution is 2.29. The lowest BCUT2D eigenvalue weighted by atomic mass is 9.83. The van der Waals surface area contributed by atoms with Gasteiger partial charge in [0.05, 0.1) is 0 Å². The van der Waals surface area contributed by atoms with Gasteiger partial charge in [-0.1, -0.05) is 36.4 Å². The summed E-state index contributed by atoms with van der Waals surface area (Å²) in [6.45, 7) is 0.528. The molecule has 0 bridgehead atoms. The molecule has 1 aliphatic rings. The summed E-state index contributed by atoms with van der Waals surface area (Å²) in [5, 5.41) is 8.78. The Morgan fingerprint density at radius 2 is 2.00 bits per heavy atom. The number of nitrogens with one attached hydrogen (secondary N) is 1. The number of hydrogen-bond donors (Lipinski definition) is 2. The number of hydroxylamine groups is 1. The summed E-state index contributed by atoms with van der Waals surface area (Å²) in [5.41, 5.74) is 5.27. The second-order valence-corrected chi connectivity index (χ2v) is 5.62. The molecule has 1 aliphatic carbocycles. The highest BCUT2D eigenvalue weighted by molar-refractivity contribution is 5.78. The van der Waals surface area contributed by atoms with Gasteiger partial charge < -0.3 is 4.74 Å². The standard InChI is InChI=1S/C18H19NO3/c20-18(19-21)15-7-6-14-8-9-17(11-16(14)10-15)22-12-13-4-2-1-3-5-13/h1-5,8-9,11,15,21H,6-7,10,12H2,(H,19,20). The molecule has 2 N–H and O–H groups in total. The predicted octanol–water partition coefficient (Wildman–Crippen LogP) is 2.88. The van der Waals surface area contributed by atoms with Crippen molar-refractivity contribution in [3.05, 3.63) is 65.2 Å². The van der Waals surface area contributed by atoms with Gasteiger partial charge in [-0.2, -0.15) is 0 Å². The van der Waals surface area contributed by atoms with E-state index in [1.807, 2.05) is 42.5 Å². The Kier molecular flexibility index (Phi) is 4.39. The number of ether oxygens (including phenoxy) is 1. The van der Waals surface area contributed by atoms with Crippen LogP contribution in [0.4, 0.5) is 0 Å². The van der Waals surface area contributed by atoms with Crippen LogP contribution in [0.3, 0.4) is 0 Å². The van der Waals surface area contributed by atoms with Crippen molar-refractivity contribution in [2.45, 2.75) is 25.9 Å². The minimum atomic E-state index is -0.304. The van der Waals surface area contributed by atoms with Crippen LogP contribution in [0.1, 0.15) is 23.1 Å². The molecular weight excluding hydrogens is 278 g/mol. The summed E-state index contributed by atoms with van der Waals surface area (Å²) in [7, 11) is 0. The van der Waals surface area contributed by atoms with Gasteiger partial charge in [0, 0.05) is 5.92 Å². The normalized spacial score (nSPS) is 16.7. The summed E-state index contributed by atoms with van der Waals surface area (Å²) < 4.78 is 5.83. The maximum atomic E-state index is 11.6. The van der Waals surface area contributed by atoms with Gasteiger partial charge in [-0.25, -0.2) is 5.48 Å². The number of amides is 1. The number of benzene rings is 2. The molecule has 1 amide bonds. The summed E-state index contributed by atoms with van der Waals surface area (Å²) in [6, 6.07) is 16.1. The predicted molar refractivity (Wildman–Crippen MR) is 82.7 cm³/mol. The van der Waals surface area contributed by atoms with E-state index >= 15 is 0 Å². The van der Waals surface area contributed by atoms with E-state index in [1.54, 1.807) is 5.48 Å². The zero-order valence-corrected chi connectivity index (χ0v) is 12.3. The topological polar surface area (TPSA) is 58.6 Å². The van der Waals surface area contributed by atoms with Crippen LogP contribution in [-0.2, 0) is 24.2 Å². The molecule has 1 atom stereocenters. The lowest BCUT2D eigenvalue weighted by molar-refractivity contribution is -0.133. The average Bonchev–Trinajstić information content (AvgIpc) is 2.59. The zero-order chi connectivity index (χ0) is 15.4. The number of carbonyl (C=O) groups is 1. The summed E-state index contributed by atoms with van der Waals surface area (Å²) >= 11 is 0. The fourth-order valence-corrected chi connectivity index (χ4v) is 2.88. The zero-order valence-electron chi connectivity index (χ0n) is 12.3. The Hall–Kier alpha value is -2.33. The molecule has 2 aromatic carbocycles. The van der Waals surface area contributed by atoms with Crippen molar-refractivity contribution < 1.29 is 14.7 Å². The summed E-state index contributed by atoms with van der Waals surface area (Å²) in [6.07, 6.45) is 2.26. The average molecular weight is 297 g/mol. The maximum absolute atomic E-state index is 11.6. The van der Waals surface area contributed by atoms with Gasteiger partial charge in [0.1, 0.15) is 12.4 Å². The van der Waals surface area contributed by atoms with Gasteiger partial charge in [0.15, 0.2) is 0 Å². The Balaban J connectivity index is 1.69. The van der Waals surface area contributed by atoms with Gasteiger partial charge in [0.25, 0.3) is 0 Å². The van der Waals surface area contributed by atoms with Crippen molar-refractivity contribution in [2.24, 2.45) is 5.92 Å². The van der Waals surface area contributed by atoms with Crippen molar-refractivity contribution in [1.29, 1.82) is 0 Å². The highest BCUT2D eigenvalue weighted by Gasteiger charge is 2.24. The van der Waals surface area contributed by atoms with E-state index in [9.17, 15) is 4.79 Å². The molecule has 3 rings (SSSR count). The molecule has 0 radical (unpaired) electrons. The number of rotatable bonds is 4. The van der Waals surface area contributed by atoms with Gasteiger partial charge in [0.2, 0.25) is 5.91 Å².